The second-order valence-corrected chi connectivity index (χ2v) is 6.52. The van der Waals surface area contributed by atoms with Gasteiger partial charge in [0.1, 0.15) is 0 Å². The van der Waals surface area contributed by atoms with Gasteiger partial charge in [-0.3, -0.25) is 9.69 Å². The van der Waals surface area contributed by atoms with Gasteiger partial charge in [-0.05, 0) is 44.9 Å². The van der Waals surface area contributed by atoms with Gasteiger partial charge in [-0.1, -0.05) is 6.42 Å². The van der Waals surface area contributed by atoms with E-state index in [0.717, 1.165) is 25.4 Å². The summed E-state index contributed by atoms with van der Waals surface area (Å²) in [5.41, 5.74) is 0. The Kier molecular flexibility index (Phi) is 4.85. The molecule has 4 heteroatoms. The number of carbonyl (C=O) groups is 1. The molecule has 0 bridgehead atoms. The van der Waals surface area contributed by atoms with Gasteiger partial charge in [-0.2, -0.15) is 0 Å². The topological polar surface area (TPSA) is 52.6 Å². The summed E-state index contributed by atoms with van der Waals surface area (Å²) in [7, 11) is 0. The Balaban J connectivity index is 1.98. The fraction of sp³-hybridized carbons (Fsp3) is 0.933. The number of amides is 1. The third kappa shape index (κ3) is 3.69. The van der Waals surface area contributed by atoms with Crippen molar-refractivity contribution in [3.05, 3.63) is 0 Å². The Morgan fingerprint density at radius 2 is 1.95 bits per heavy atom. The molecule has 1 aliphatic carbocycles. The number of carbonyl (C=O) groups excluding carboxylic acids is 1. The number of aliphatic hydroxyl groups is 1. The Hall–Kier alpha value is -0.610. The van der Waals surface area contributed by atoms with E-state index in [1.54, 1.807) is 6.92 Å². The maximum atomic E-state index is 11.3. The molecule has 2 fully saturated rings. The smallest absolute Gasteiger partial charge is 0.217 e. The molecular weight excluding hydrogens is 240 g/mol. The lowest BCUT2D eigenvalue weighted by Gasteiger charge is -2.46. The lowest BCUT2D eigenvalue weighted by molar-refractivity contribution is -0.120. The number of aliphatic hydroxyl groups excluding tert-OH is 1. The number of nitrogens with one attached hydrogen (secondary N) is 1. The van der Waals surface area contributed by atoms with Crippen molar-refractivity contribution in [2.45, 2.75) is 64.6 Å². The number of hydrogen-bond donors (Lipinski definition) is 2. The maximum Gasteiger partial charge on any atom is 0.217 e. The van der Waals surface area contributed by atoms with Gasteiger partial charge in [-0.15, -0.1) is 0 Å². The van der Waals surface area contributed by atoms with Gasteiger partial charge in [-0.25, -0.2) is 0 Å². The molecule has 1 heterocycles. The van der Waals surface area contributed by atoms with Gasteiger partial charge in [0.2, 0.25) is 5.91 Å². The standard InChI is InChI=1S/C15H28N2O2/c1-10(13-5-4-6-13)17-8-14(11(2)18)7-15(9-17)16-12(3)19/h10-11,13-15,18H,4-9H2,1-3H3,(H,16,19). The summed E-state index contributed by atoms with van der Waals surface area (Å²) >= 11 is 0. The number of nitrogens with zero attached hydrogens (tertiary/aromatic N) is 1. The van der Waals surface area contributed by atoms with Crippen molar-refractivity contribution in [1.82, 2.24) is 10.2 Å². The van der Waals surface area contributed by atoms with E-state index in [9.17, 15) is 9.90 Å². The summed E-state index contributed by atoms with van der Waals surface area (Å²) in [6, 6.07) is 0.764. The molecule has 2 N–H and O–H groups in total. The first kappa shape index (κ1) is 14.8. The minimum Gasteiger partial charge on any atom is -0.393 e. The van der Waals surface area contributed by atoms with Crippen LogP contribution in [0.4, 0.5) is 0 Å². The normalized spacial score (nSPS) is 32.4. The Bertz CT molecular complexity index is 315. The summed E-state index contributed by atoms with van der Waals surface area (Å²) in [4.78, 5) is 13.8. The second-order valence-electron chi connectivity index (χ2n) is 6.52. The molecule has 2 aliphatic rings. The molecule has 0 aromatic carbocycles. The van der Waals surface area contributed by atoms with Gasteiger partial charge < -0.3 is 10.4 Å². The molecule has 0 aromatic rings. The zero-order chi connectivity index (χ0) is 14.0. The molecule has 4 atom stereocenters. The van der Waals surface area contributed by atoms with E-state index in [1.807, 2.05) is 6.92 Å². The number of hydrogen-bond acceptors (Lipinski definition) is 3. The van der Waals surface area contributed by atoms with Crippen molar-refractivity contribution in [1.29, 1.82) is 0 Å². The predicted octanol–water partition coefficient (Wildman–Crippen LogP) is 1.38. The molecule has 1 saturated carbocycles. The Morgan fingerprint density at radius 3 is 2.42 bits per heavy atom. The summed E-state index contributed by atoms with van der Waals surface area (Å²) < 4.78 is 0. The molecule has 2 rings (SSSR count). The molecule has 4 nitrogen and oxygen atoms in total. The molecule has 0 aromatic heterocycles. The minimum atomic E-state index is -0.298. The van der Waals surface area contributed by atoms with E-state index < -0.39 is 0 Å². The van der Waals surface area contributed by atoms with Crippen molar-refractivity contribution in [2.75, 3.05) is 13.1 Å². The first-order valence-electron chi connectivity index (χ1n) is 7.66. The molecule has 1 amide bonds. The summed E-state index contributed by atoms with van der Waals surface area (Å²) in [6.07, 6.45) is 4.62. The first-order chi connectivity index (χ1) is 8.97. The number of likely N-dealkylation sites (tertiary alicyclic amines) is 1. The highest BCUT2D eigenvalue weighted by Crippen LogP contribution is 2.34. The molecular formula is C15H28N2O2. The zero-order valence-corrected chi connectivity index (χ0v) is 12.4. The van der Waals surface area contributed by atoms with E-state index in [-0.39, 0.29) is 24.0 Å². The highest BCUT2D eigenvalue weighted by atomic mass is 16.3. The molecule has 4 unspecified atom stereocenters. The van der Waals surface area contributed by atoms with Crippen LogP contribution < -0.4 is 5.32 Å². The van der Waals surface area contributed by atoms with Gasteiger partial charge in [0.05, 0.1) is 6.10 Å². The van der Waals surface area contributed by atoms with Crippen molar-refractivity contribution < 1.29 is 9.90 Å². The second kappa shape index (κ2) is 6.23. The van der Waals surface area contributed by atoms with Crippen LogP contribution in [0.25, 0.3) is 0 Å². The van der Waals surface area contributed by atoms with Gasteiger partial charge in [0.15, 0.2) is 0 Å². The van der Waals surface area contributed by atoms with E-state index in [2.05, 4.69) is 17.1 Å². The van der Waals surface area contributed by atoms with Crippen molar-refractivity contribution in [2.24, 2.45) is 11.8 Å². The van der Waals surface area contributed by atoms with Gasteiger partial charge >= 0.3 is 0 Å². The van der Waals surface area contributed by atoms with Crippen molar-refractivity contribution in [3.8, 4) is 0 Å². The van der Waals surface area contributed by atoms with Gasteiger partial charge in [0, 0.05) is 32.1 Å². The van der Waals surface area contributed by atoms with Crippen LogP contribution in [0.3, 0.4) is 0 Å². The highest BCUT2D eigenvalue weighted by molar-refractivity contribution is 5.73. The van der Waals surface area contributed by atoms with Crippen LogP contribution in [0.15, 0.2) is 0 Å². The summed E-state index contributed by atoms with van der Waals surface area (Å²) in [6.45, 7) is 7.64. The average molecular weight is 268 g/mol. The van der Waals surface area contributed by atoms with E-state index in [1.165, 1.54) is 19.3 Å². The van der Waals surface area contributed by atoms with E-state index in [4.69, 9.17) is 0 Å². The van der Waals surface area contributed by atoms with Crippen molar-refractivity contribution in [3.63, 3.8) is 0 Å². The molecule has 1 saturated heterocycles. The Morgan fingerprint density at radius 1 is 1.26 bits per heavy atom. The molecule has 0 spiro atoms. The number of rotatable bonds is 4. The maximum absolute atomic E-state index is 11.3. The number of piperidine rings is 1. The van der Waals surface area contributed by atoms with Crippen LogP contribution in [0.1, 0.15) is 46.5 Å². The largest absolute Gasteiger partial charge is 0.393 e. The van der Waals surface area contributed by atoms with Crippen molar-refractivity contribution >= 4 is 5.91 Å². The summed E-state index contributed by atoms with van der Waals surface area (Å²) in [5.74, 6) is 1.12. The van der Waals surface area contributed by atoms with Crippen LogP contribution in [0, 0.1) is 11.8 Å². The molecule has 110 valence electrons. The zero-order valence-electron chi connectivity index (χ0n) is 12.4. The van der Waals surface area contributed by atoms with Crippen LogP contribution in [-0.4, -0.2) is 47.2 Å². The first-order valence-corrected chi connectivity index (χ1v) is 7.66. The lowest BCUT2D eigenvalue weighted by Crippen LogP contribution is -2.56. The third-order valence-corrected chi connectivity index (χ3v) is 5.01. The highest BCUT2D eigenvalue weighted by Gasteiger charge is 2.36. The molecule has 0 radical (unpaired) electrons. The van der Waals surface area contributed by atoms with Gasteiger partial charge in [0.25, 0.3) is 0 Å². The fourth-order valence-electron chi connectivity index (χ4n) is 3.47. The monoisotopic (exact) mass is 268 g/mol. The summed E-state index contributed by atoms with van der Waals surface area (Å²) in [5, 5.41) is 12.9. The Labute approximate surface area is 116 Å². The molecule has 19 heavy (non-hydrogen) atoms. The minimum absolute atomic E-state index is 0.0347. The van der Waals surface area contributed by atoms with Crippen LogP contribution in [0.5, 0.6) is 0 Å². The fourth-order valence-corrected chi connectivity index (χ4v) is 3.47. The average Bonchev–Trinajstić information content (AvgIpc) is 2.25. The van der Waals surface area contributed by atoms with E-state index in [0.29, 0.717) is 6.04 Å². The quantitative estimate of drug-likeness (QED) is 0.810. The van der Waals surface area contributed by atoms with Crippen LogP contribution >= 0.6 is 0 Å². The lowest BCUT2D eigenvalue weighted by atomic mass is 9.78. The molecule has 1 aliphatic heterocycles. The third-order valence-electron chi connectivity index (χ3n) is 5.01. The van der Waals surface area contributed by atoms with Crippen LogP contribution in [0.2, 0.25) is 0 Å². The van der Waals surface area contributed by atoms with E-state index >= 15 is 0 Å². The van der Waals surface area contributed by atoms with Crippen LogP contribution in [-0.2, 0) is 4.79 Å². The predicted molar refractivity (Wildman–Crippen MR) is 75.8 cm³/mol. The SMILES string of the molecule is CC(=O)NC1CC(C(C)O)CN(C(C)C2CCC2)C1.